The number of rotatable bonds is 6. The highest BCUT2D eigenvalue weighted by atomic mass is 16.5. The van der Waals surface area contributed by atoms with Crippen LogP contribution in [0.4, 0.5) is 4.79 Å². The van der Waals surface area contributed by atoms with E-state index < -0.39 is 24.5 Å². The molecule has 1 aromatic carbocycles. The highest BCUT2D eigenvalue weighted by Crippen LogP contribution is 2.12. The number of carbonyl (C=O) groups excluding carboxylic acids is 4. The minimum atomic E-state index is -0.738. The number of aryl methyl sites for hydroxylation is 2. The Bertz CT molecular complexity index is 625. The Hall–Kier alpha value is -2.70. The van der Waals surface area contributed by atoms with Crippen LogP contribution in [0.3, 0.4) is 0 Å². The number of hydrogen-bond donors (Lipinski definition) is 2. The van der Waals surface area contributed by atoms with E-state index in [1.165, 1.54) is 7.05 Å². The van der Waals surface area contributed by atoms with Gasteiger partial charge in [-0.1, -0.05) is 12.1 Å². The second-order valence-corrected chi connectivity index (χ2v) is 5.01. The molecule has 23 heavy (non-hydrogen) atoms. The van der Waals surface area contributed by atoms with Crippen LogP contribution in [0.25, 0.3) is 0 Å². The summed E-state index contributed by atoms with van der Waals surface area (Å²) in [6.45, 7) is 3.29. The Morgan fingerprint density at radius 2 is 1.74 bits per heavy atom. The Kier molecular flexibility index (Phi) is 6.92. The topological polar surface area (TPSA) is 102 Å². The third-order valence-electron chi connectivity index (χ3n) is 3.23. The largest absolute Gasteiger partial charge is 0.456 e. The number of carbonyl (C=O) groups is 4. The quantitative estimate of drug-likeness (QED) is 0.607. The van der Waals surface area contributed by atoms with Gasteiger partial charge in [0.1, 0.15) is 0 Å². The van der Waals surface area contributed by atoms with Crippen LogP contribution in [-0.2, 0) is 14.3 Å². The molecular formula is C16H20N2O5. The molecule has 0 aliphatic carbocycles. The van der Waals surface area contributed by atoms with Gasteiger partial charge in [-0.2, -0.15) is 0 Å². The minimum Gasteiger partial charge on any atom is -0.456 e. The maximum atomic E-state index is 12.0. The number of esters is 1. The summed E-state index contributed by atoms with van der Waals surface area (Å²) in [6, 6.07) is 4.66. The lowest BCUT2D eigenvalue weighted by Gasteiger charge is -2.06. The molecule has 0 unspecified atom stereocenters. The zero-order chi connectivity index (χ0) is 17.4. The smallest absolute Gasteiger partial charge is 0.321 e. The van der Waals surface area contributed by atoms with Crippen molar-refractivity contribution in [3.05, 3.63) is 34.9 Å². The van der Waals surface area contributed by atoms with Crippen molar-refractivity contribution in [1.29, 1.82) is 0 Å². The van der Waals surface area contributed by atoms with Crippen LogP contribution < -0.4 is 10.6 Å². The SMILES string of the molecule is CNC(=O)NC(=O)COC(=O)CCC(=O)c1ccc(C)c(C)c1. The van der Waals surface area contributed by atoms with E-state index in [0.29, 0.717) is 5.56 Å². The van der Waals surface area contributed by atoms with E-state index in [4.69, 9.17) is 4.74 Å². The van der Waals surface area contributed by atoms with Crippen molar-refractivity contribution in [2.45, 2.75) is 26.7 Å². The van der Waals surface area contributed by atoms with Gasteiger partial charge in [0.05, 0.1) is 6.42 Å². The highest BCUT2D eigenvalue weighted by molar-refractivity contribution is 5.98. The van der Waals surface area contributed by atoms with Gasteiger partial charge in [0.25, 0.3) is 5.91 Å². The summed E-state index contributed by atoms with van der Waals surface area (Å²) < 4.78 is 4.70. The van der Waals surface area contributed by atoms with Crippen LogP contribution in [0.15, 0.2) is 18.2 Å². The molecule has 1 rings (SSSR count). The number of Topliss-reactive ketones (excluding diaryl/α,β-unsaturated/α-hetero) is 1. The fourth-order valence-electron chi connectivity index (χ4n) is 1.72. The summed E-state index contributed by atoms with van der Waals surface area (Å²) in [4.78, 5) is 45.6. The number of nitrogens with one attached hydrogen (secondary N) is 2. The van der Waals surface area contributed by atoms with E-state index in [1.807, 2.05) is 25.2 Å². The van der Waals surface area contributed by atoms with Gasteiger partial charge in [0.2, 0.25) is 0 Å². The van der Waals surface area contributed by atoms with Crippen LogP contribution in [0, 0.1) is 13.8 Å². The fraction of sp³-hybridized carbons (Fsp3) is 0.375. The van der Waals surface area contributed by atoms with Crippen molar-refractivity contribution < 1.29 is 23.9 Å². The monoisotopic (exact) mass is 320 g/mol. The lowest BCUT2D eigenvalue weighted by atomic mass is 10.0. The zero-order valence-electron chi connectivity index (χ0n) is 13.4. The normalized spacial score (nSPS) is 9.87. The van der Waals surface area contributed by atoms with Crippen molar-refractivity contribution >= 4 is 23.7 Å². The Morgan fingerprint density at radius 3 is 2.35 bits per heavy atom. The summed E-state index contributed by atoms with van der Waals surface area (Å²) in [5, 5.41) is 4.15. The molecule has 0 aromatic heterocycles. The second-order valence-electron chi connectivity index (χ2n) is 5.01. The molecule has 7 heteroatoms. The molecule has 0 saturated carbocycles. The second kappa shape index (κ2) is 8.67. The molecule has 0 fully saturated rings. The lowest BCUT2D eigenvalue weighted by Crippen LogP contribution is -2.39. The predicted molar refractivity (Wildman–Crippen MR) is 83.0 cm³/mol. The summed E-state index contributed by atoms with van der Waals surface area (Å²) in [7, 11) is 1.35. The minimum absolute atomic E-state index is 0.00159. The highest BCUT2D eigenvalue weighted by Gasteiger charge is 2.13. The Morgan fingerprint density at radius 1 is 1.04 bits per heavy atom. The first-order chi connectivity index (χ1) is 10.8. The molecule has 7 nitrogen and oxygen atoms in total. The van der Waals surface area contributed by atoms with Crippen LogP contribution in [0.2, 0.25) is 0 Å². The molecule has 0 radical (unpaired) electrons. The van der Waals surface area contributed by atoms with Crippen molar-refractivity contribution in [1.82, 2.24) is 10.6 Å². The molecule has 0 bridgehead atoms. The van der Waals surface area contributed by atoms with E-state index in [1.54, 1.807) is 12.1 Å². The number of benzene rings is 1. The number of imide groups is 1. The summed E-state index contributed by atoms with van der Waals surface area (Å²) in [5.41, 5.74) is 2.63. The lowest BCUT2D eigenvalue weighted by molar-refractivity contribution is -0.148. The average molecular weight is 320 g/mol. The molecule has 0 atom stereocenters. The van der Waals surface area contributed by atoms with Crippen LogP contribution in [0.1, 0.15) is 34.3 Å². The molecule has 1 aromatic rings. The van der Waals surface area contributed by atoms with Crippen molar-refractivity contribution in [3.8, 4) is 0 Å². The van der Waals surface area contributed by atoms with Crippen LogP contribution >= 0.6 is 0 Å². The maximum absolute atomic E-state index is 12.0. The third-order valence-corrected chi connectivity index (χ3v) is 3.23. The third kappa shape index (κ3) is 6.29. The number of urea groups is 1. The van der Waals surface area contributed by atoms with Crippen LogP contribution in [-0.4, -0.2) is 37.3 Å². The fourth-order valence-corrected chi connectivity index (χ4v) is 1.72. The van der Waals surface area contributed by atoms with Gasteiger partial charge in [0.15, 0.2) is 12.4 Å². The number of hydrogen-bond acceptors (Lipinski definition) is 5. The van der Waals surface area contributed by atoms with Gasteiger partial charge in [-0.25, -0.2) is 4.79 Å². The standard InChI is InChI=1S/C16H20N2O5/c1-10-4-5-12(8-11(10)2)13(19)6-7-15(21)23-9-14(20)18-16(22)17-3/h4-5,8H,6-7,9H2,1-3H3,(H2,17,18,20,22). The number of ketones is 1. The van der Waals surface area contributed by atoms with Gasteiger partial charge in [-0.05, 0) is 31.0 Å². The van der Waals surface area contributed by atoms with Crippen molar-refractivity contribution in [2.75, 3.05) is 13.7 Å². The van der Waals surface area contributed by atoms with E-state index >= 15 is 0 Å². The van der Waals surface area contributed by atoms with Crippen molar-refractivity contribution in [2.24, 2.45) is 0 Å². The maximum Gasteiger partial charge on any atom is 0.321 e. The predicted octanol–water partition coefficient (Wildman–Crippen LogP) is 1.27. The molecule has 2 N–H and O–H groups in total. The van der Waals surface area contributed by atoms with E-state index in [0.717, 1.165) is 11.1 Å². The summed E-state index contributed by atoms with van der Waals surface area (Å²) >= 11 is 0. The first-order valence-electron chi connectivity index (χ1n) is 7.11. The molecule has 0 saturated heterocycles. The number of amides is 3. The first-order valence-corrected chi connectivity index (χ1v) is 7.11. The first kappa shape index (κ1) is 18.3. The molecule has 0 heterocycles. The van der Waals surface area contributed by atoms with E-state index in [9.17, 15) is 19.2 Å². The van der Waals surface area contributed by atoms with Gasteiger partial charge < -0.3 is 10.1 Å². The molecule has 0 aliphatic heterocycles. The van der Waals surface area contributed by atoms with Gasteiger partial charge in [-0.3, -0.25) is 19.7 Å². The van der Waals surface area contributed by atoms with Gasteiger partial charge in [-0.15, -0.1) is 0 Å². The summed E-state index contributed by atoms with van der Waals surface area (Å²) in [6.07, 6.45) is -0.128. The Balaban J connectivity index is 2.38. The summed E-state index contributed by atoms with van der Waals surface area (Å²) in [5.74, 6) is -1.58. The molecule has 124 valence electrons. The van der Waals surface area contributed by atoms with Crippen molar-refractivity contribution in [3.63, 3.8) is 0 Å². The van der Waals surface area contributed by atoms with Crippen LogP contribution in [0.5, 0.6) is 0 Å². The number of ether oxygens (including phenoxy) is 1. The van der Waals surface area contributed by atoms with E-state index in [2.05, 4.69) is 5.32 Å². The van der Waals surface area contributed by atoms with Gasteiger partial charge >= 0.3 is 12.0 Å². The van der Waals surface area contributed by atoms with Gasteiger partial charge in [0, 0.05) is 19.0 Å². The Labute approximate surface area is 134 Å². The molecular weight excluding hydrogens is 300 g/mol. The molecule has 0 aliphatic rings. The molecule has 0 spiro atoms. The average Bonchev–Trinajstić information content (AvgIpc) is 2.52. The zero-order valence-corrected chi connectivity index (χ0v) is 13.4. The van der Waals surface area contributed by atoms with E-state index in [-0.39, 0.29) is 18.6 Å². The molecule has 3 amide bonds.